The molecule has 0 aliphatic rings. The summed E-state index contributed by atoms with van der Waals surface area (Å²) in [7, 11) is 0. The van der Waals surface area contributed by atoms with Crippen molar-refractivity contribution in [1.82, 2.24) is 0 Å². The zero-order chi connectivity index (χ0) is 13.9. The quantitative estimate of drug-likeness (QED) is 0.887. The summed E-state index contributed by atoms with van der Waals surface area (Å²) in [6, 6.07) is 14.6. The van der Waals surface area contributed by atoms with Crippen molar-refractivity contribution < 1.29 is 4.39 Å². The van der Waals surface area contributed by atoms with E-state index in [0.29, 0.717) is 6.42 Å². The topological polar surface area (TPSA) is 26.0 Å². The van der Waals surface area contributed by atoms with Crippen molar-refractivity contribution >= 4 is 15.9 Å². The Morgan fingerprint density at radius 2 is 1.89 bits per heavy atom. The number of benzene rings is 2. The third kappa shape index (κ3) is 3.23. The molecule has 2 aromatic rings. The summed E-state index contributed by atoms with van der Waals surface area (Å²) in [5.74, 6) is -0.243. The van der Waals surface area contributed by atoms with Gasteiger partial charge in [-0.1, -0.05) is 53.2 Å². The van der Waals surface area contributed by atoms with Crippen LogP contribution in [0.3, 0.4) is 0 Å². The fraction of sp³-hybridized carbons (Fsp3) is 0.250. The van der Waals surface area contributed by atoms with Crippen LogP contribution < -0.4 is 5.73 Å². The third-order valence-corrected chi connectivity index (χ3v) is 4.27. The molecule has 0 fully saturated rings. The molecule has 0 spiro atoms. The maximum atomic E-state index is 13.4. The SMILES string of the molecule is CCC(N)(Cc1ccccc1Br)c1cccc(F)c1. The van der Waals surface area contributed by atoms with Crippen molar-refractivity contribution in [2.45, 2.75) is 25.3 Å². The summed E-state index contributed by atoms with van der Waals surface area (Å²) in [4.78, 5) is 0. The van der Waals surface area contributed by atoms with Crippen LogP contribution in [-0.4, -0.2) is 0 Å². The number of rotatable bonds is 4. The molecule has 0 aromatic heterocycles. The lowest BCUT2D eigenvalue weighted by Gasteiger charge is -2.29. The van der Waals surface area contributed by atoms with E-state index in [1.807, 2.05) is 37.3 Å². The van der Waals surface area contributed by atoms with Crippen LogP contribution in [0.4, 0.5) is 4.39 Å². The average molecular weight is 322 g/mol. The van der Waals surface area contributed by atoms with E-state index in [9.17, 15) is 4.39 Å². The summed E-state index contributed by atoms with van der Waals surface area (Å²) >= 11 is 3.54. The van der Waals surface area contributed by atoms with Gasteiger partial charge in [0.1, 0.15) is 5.82 Å². The minimum Gasteiger partial charge on any atom is -0.321 e. The maximum absolute atomic E-state index is 13.4. The molecule has 1 atom stereocenters. The maximum Gasteiger partial charge on any atom is 0.123 e. The zero-order valence-corrected chi connectivity index (χ0v) is 12.5. The number of halogens is 2. The zero-order valence-electron chi connectivity index (χ0n) is 10.9. The molecule has 0 aliphatic heterocycles. The Balaban J connectivity index is 2.36. The van der Waals surface area contributed by atoms with Gasteiger partial charge >= 0.3 is 0 Å². The lowest BCUT2D eigenvalue weighted by molar-refractivity contribution is 0.421. The highest BCUT2D eigenvalue weighted by Crippen LogP contribution is 2.29. The van der Waals surface area contributed by atoms with Gasteiger partial charge in [-0.05, 0) is 42.2 Å². The summed E-state index contributed by atoms with van der Waals surface area (Å²) < 4.78 is 14.4. The lowest BCUT2D eigenvalue weighted by Crippen LogP contribution is -2.38. The highest BCUT2D eigenvalue weighted by Gasteiger charge is 2.26. The summed E-state index contributed by atoms with van der Waals surface area (Å²) in [6.07, 6.45) is 1.42. The molecule has 3 heteroatoms. The second kappa shape index (κ2) is 5.85. The van der Waals surface area contributed by atoms with Crippen LogP contribution in [0.2, 0.25) is 0 Å². The van der Waals surface area contributed by atoms with Gasteiger partial charge in [-0.2, -0.15) is 0 Å². The Hall–Kier alpha value is -1.19. The highest BCUT2D eigenvalue weighted by atomic mass is 79.9. The molecule has 0 saturated heterocycles. The first-order chi connectivity index (χ1) is 9.05. The summed E-state index contributed by atoms with van der Waals surface area (Å²) in [5.41, 5.74) is 7.93. The van der Waals surface area contributed by atoms with Crippen molar-refractivity contribution in [2.24, 2.45) is 5.73 Å². The van der Waals surface area contributed by atoms with E-state index in [2.05, 4.69) is 15.9 Å². The molecule has 0 bridgehead atoms. The molecule has 0 heterocycles. The Kier molecular flexibility index (Phi) is 4.38. The molecule has 0 radical (unpaired) electrons. The first kappa shape index (κ1) is 14.2. The van der Waals surface area contributed by atoms with Gasteiger partial charge < -0.3 is 5.73 Å². The van der Waals surface area contributed by atoms with Crippen LogP contribution in [0.1, 0.15) is 24.5 Å². The molecule has 1 unspecified atom stereocenters. The Morgan fingerprint density at radius 3 is 2.53 bits per heavy atom. The number of hydrogen-bond acceptors (Lipinski definition) is 1. The monoisotopic (exact) mass is 321 g/mol. The second-order valence-electron chi connectivity index (χ2n) is 4.79. The average Bonchev–Trinajstić information content (AvgIpc) is 2.41. The second-order valence-corrected chi connectivity index (χ2v) is 5.64. The standard InChI is InChI=1S/C16H17BrFN/c1-2-16(19,13-7-5-8-14(18)10-13)11-12-6-3-4-9-15(12)17/h3-10H,2,11,19H2,1H3. The molecule has 0 aliphatic carbocycles. The van der Waals surface area contributed by atoms with E-state index in [0.717, 1.165) is 22.0 Å². The van der Waals surface area contributed by atoms with Gasteiger partial charge in [-0.15, -0.1) is 0 Å². The van der Waals surface area contributed by atoms with E-state index in [1.165, 1.54) is 12.1 Å². The number of nitrogens with two attached hydrogens (primary N) is 1. The van der Waals surface area contributed by atoms with Crippen LogP contribution in [0, 0.1) is 5.82 Å². The van der Waals surface area contributed by atoms with Gasteiger partial charge in [-0.3, -0.25) is 0 Å². The van der Waals surface area contributed by atoms with Gasteiger partial charge in [0.2, 0.25) is 0 Å². The molecule has 19 heavy (non-hydrogen) atoms. The molecule has 2 rings (SSSR count). The fourth-order valence-corrected chi connectivity index (χ4v) is 2.64. The molecule has 100 valence electrons. The number of hydrogen-bond donors (Lipinski definition) is 1. The predicted molar refractivity (Wildman–Crippen MR) is 80.4 cm³/mol. The first-order valence-electron chi connectivity index (χ1n) is 6.33. The van der Waals surface area contributed by atoms with Crippen molar-refractivity contribution in [2.75, 3.05) is 0 Å². The molecule has 1 nitrogen and oxygen atoms in total. The molecule has 0 saturated carbocycles. The van der Waals surface area contributed by atoms with Gasteiger partial charge in [-0.25, -0.2) is 4.39 Å². The minimum absolute atomic E-state index is 0.243. The van der Waals surface area contributed by atoms with E-state index in [1.54, 1.807) is 6.07 Å². The van der Waals surface area contributed by atoms with E-state index in [-0.39, 0.29) is 5.82 Å². The third-order valence-electron chi connectivity index (χ3n) is 3.49. The van der Waals surface area contributed by atoms with Crippen molar-refractivity contribution in [3.63, 3.8) is 0 Å². The van der Waals surface area contributed by atoms with E-state index in [4.69, 9.17) is 5.73 Å². The van der Waals surface area contributed by atoms with Crippen LogP contribution in [0.25, 0.3) is 0 Å². The Labute approximate surface area is 121 Å². The Morgan fingerprint density at radius 1 is 1.16 bits per heavy atom. The largest absolute Gasteiger partial charge is 0.321 e. The molecular weight excluding hydrogens is 305 g/mol. The summed E-state index contributed by atoms with van der Waals surface area (Å²) in [5, 5.41) is 0. The van der Waals surface area contributed by atoms with Crippen LogP contribution in [0.5, 0.6) is 0 Å². The van der Waals surface area contributed by atoms with Gasteiger partial charge in [0.25, 0.3) is 0 Å². The molecule has 0 amide bonds. The van der Waals surface area contributed by atoms with Crippen LogP contribution >= 0.6 is 15.9 Å². The van der Waals surface area contributed by atoms with Gasteiger partial charge in [0.05, 0.1) is 0 Å². The molecule has 2 aromatic carbocycles. The lowest BCUT2D eigenvalue weighted by atomic mass is 9.82. The van der Waals surface area contributed by atoms with Crippen LogP contribution in [-0.2, 0) is 12.0 Å². The smallest absolute Gasteiger partial charge is 0.123 e. The fourth-order valence-electron chi connectivity index (χ4n) is 2.21. The highest BCUT2D eigenvalue weighted by molar-refractivity contribution is 9.10. The normalized spacial score (nSPS) is 14.1. The first-order valence-corrected chi connectivity index (χ1v) is 7.13. The van der Waals surface area contributed by atoms with Gasteiger partial charge in [0.15, 0.2) is 0 Å². The molecular formula is C16H17BrFN. The van der Waals surface area contributed by atoms with Crippen molar-refractivity contribution in [3.05, 3.63) is 69.9 Å². The van der Waals surface area contributed by atoms with E-state index >= 15 is 0 Å². The molecule has 2 N–H and O–H groups in total. The Bertz CT molecular complexity index is 570. The van der Waals surface area contributed by atoms with E-state index < -0.39 is 5.54 Å². The van der Waals surface area contributed by atoms with Crippen molar-refractivity contribution in [1.29, 1.82) is 0 Å². The van der Waals surface area contributed by atoms with Crippen LogP contribution in [0.15, 0.2) is 53.0 Å². The summed E-state index contributed by atoms with van der Waals surface area (Å²) in [6.45, 7) is 2.03. The predicted octanol–water partition coefficient (Wildman–Crippen LogP) is 4.39. The van der Waals surface area contributed by atoms with Crippen molar-refractivity contribution in [3.8, 4) is 0 Å². The minimum atomic E-state index is -0.550. The van der Waals surface area contributed by atoms with Gasteiger partial charge in [0, 0.05) is 10.0 Å².